The first-order valence-corrected chi connectivity index (χ1v) is 6.83. The van der Waals surface area contributed by atoms with Crippen LogP contribution in [0.2, 0.25) is 5.15 Å². The highest BCUT2D eigenvalue weighted by molar-refractivity contribution is 7.98. The molecule has 0 saturated carbocycles. The maximum atomic E-state index is 11.7. The summed E-state index contributed by atoms with van der Waals surface area (Å²) in [6.45, 7) is 0. The molecule has 0 aromatic carbocycles. The van der Waals surface area contributed by atoms with Gasteiger partial charge in [-0.05, 0) is 30.6 Å². The second-order valence-corrected chi connectivity index (χ2v) is 4.76. The van der Waals surface area contributed by atoms with Gasteiger partial charge in [0.2, 0.25) is 0 Å². The largest absolute Gasteiger partial charge is 0.480 e. The summed E-state index contributed by atoms with van der Waals surface area (Å²) in [6.07, 6.45) is 2.22. The molecule has 98 valence electrons. The van der Waals surface area contributed by atoms with Gasteiger partial charge in [-0.2, -0.15) is 11.8 Å². The van der Waals surface area contributed by atoms with Crippen molar-refractivity contribution in [2.45, 2.75) is 12.5 Å². The number of halogens is 1. The van der Waals surface area contributed by atoms with Crippen molar-refractivity contribution in [3.63, 3.8) is 0 Å². The maximum Gasteiger partial charge on any atom is 0.326 e. The summed E-state index contributed by atoms with van der Waals surface area (Å²) >= 11 is 7.05. The fourth-order valence-electron chi connectivity index (χ4n) is 1.16. The van der Waals surface area contributed by atoms with Crippen LogP contribution >= 0.6 is 23.4 Å². The SMILES string of the molecule is CSCCC(NC(=O)c1ccc(Cl)nn1)C(=O)O. The van der Waals surface area contributed by atoms with Crippen molar-refractivity contribution in [1.29, 1.82) is 0 Å². The molecule has 18 heavy (non-hydrogen) atoms. The van der Waals surface area contributed by atoms with Crippen molar-refractivity contribution in [1.82, 2.24) is 15.5 Å². The molecule has 1 amide bonds. The molecule has 1 heterocycles. The molecular formula is C10H12ClN3O3S. The number of nitrogens with zero attached hydrogens (tertiary/aromatic N) is 2. The molecule has 0 saturated heterocycles. The minimum atomic E-state index is -1.07. The molecule has 1 rings (SSSR count). The fraction of sp³-hybridized carbons (Fsp3) is 0.400. The molecular weight excluding hydrogens is 278 g/mol. The zero-order chi connectivity index (χ0) is 13.5. The molecule has 0 aliphatic rings. The quantitative estimate of drug-likeness (QED) is 0.814. The highest BCUT2D eigenvalue weighted by Crippen LogP contribution is 2.04. The van der Waals surface area contributed by atoms with Gasteiger partial charge in [-0.3, -0.25) is 4.79 Å². The van der Waals surface area contributed by atoms with E-state index in [1.165, 1.54) is 23.9 Å². The smallest absolute Gasteiger partial charge is 0.326 e. The van der Waals surface area contributed by atoms with Crippen LogP contribution in [0.5, 0.6) is 0 Å². The van der Waals surface area contributed by atoms with E-state index in [1.54, 1.807) is 0 Å². The van der Waals surface area contributed by atoms with Gasteiger partial charge in [-0.15, -0.1) is 10.2 Å². The number of hydrogen-bond donors (Lipinski definition) is 2. The molecule has 1 aromatic rings. The number of amides is 1. The van der Waals surface area contributed by atoms with Gasteiger partial charge in [-0.1, -0.05) is 11.6 Å². The lowest BCUT2D eigenvalue weighted by Crippen LogP contribution is -2.41. The van der Waals surface area contributed by atoms with E-state index in [-0.39, 0.29) is 10.8 Å². The number of nitrogens with one attached hydrogen (secondary N) is 1. The van der Waals surface area contributed by atoms with Crippen LogP contribution in [0, 0.1) is 0 Å². The van der Waals surface area contributed by atoms with E-state index in [0.29, 0.717) is 12.2 Å². The second kappa shape index (κ2) is 7.17. The molecule has 1 aromatic heterocycles. The topological polar surface area (TPSA) is 92.2 Å². The average molecular weight is 290 g/mol. The minimum Gasteiger partial charge on any atom is -0.480 e. The van der Waals surface area contributed by atoms with E-state index in [9.17, 15) is 9.59 Å². The van der Waals surface area contributed by atoms with Gasteiger partial charge in [-0.25, -0.2) is 4.79 Å². The standard InChI is InChI=1S/C10H12ClN3O3S/c1-18-5-4-7(10(16)17)12-9(15)6-2-3-8(11)14-13-6/h2-3,7H,4-5H2,1H3,(H,12,15)(H,16,17). The molecule has 2 N–H and O–H groups in total. The minimum absolute atomic E-state index is 0.0369. The monoisotopic (exact) mass is 289 g/mol. The summed E-state index contributed by atoms with van der Waals surface area (Å²) in [7, 11) is 0. The maximum absolute atomic E-state index is 11.7. The first kappa shape index (κ1) is 14.7. The Balaban J connectivity index is 2.66. The van der Waals surface area contributed by atoms with Gasteiger partial charge in [0.15, 0.2) is 10.8 Å². The molecule has 0 bridgehead atoms. The summed E-state index contributed by atoms with van der Waals surface area (Å²) in [6, 6.07) is 1.88. The van der Waals surface area contributed by atoms with E-state index in [1.807, 2.05) is 6.26 Å². The molecule has 0 spiro atoms. The van der Waals surface area contributed by atoms with Gasteiger partial charge < -0.3 is 10.4 Å². The van der Waals surface area contributed by atoms with Crippen LogP contribution in [0.15, 0.2) is 12.1 Å². The Morgan fingerprint density at radius 1 is 1.50 bits per heavy atom. The first-order valence-electron chi connectivity index (χ1n) is 5.06. The Kier molecular flexibility index (Phi) is 5.87. The average Bonchev–Trinajstić information content (AvgIpc) is 2.34. The summed E-state index contributed by atoms with van der Waals surface area (Å²) in [4.78, 5) is 22.7. The number of carboxylic acids is 1. The van der Waals surface area contributed by atoms with E-state index < -0.39 is 17.9 Å². The number of carbonyl (C=O) groups excluding carboxylic acids is 1. The first-order chi connectivity index (χ1) is 8.54. The van der Waals surface area contributed by atoms with Crippen molar-refractivity contribution in [3.8, 4) is 0 Å². The number of hydrogen-bond acceptors (Lipinski definition) is 5. The number of rotatable bonds is 6. The fourth-order valence-corrected chi connectivity index (χ4v) is 1.73. The molecule has 0 fully saturated rings. The predicted octanol–water partition coefficient (Wildman–Crippen LogP) is 1.07. The van der Waals surface area contributed by atoms with Gasteiger partial charge in [0.1, 0.15) is 6.04 Å². The van der Waals surface area contributed by atoms with Crippen molar-refractivity contribution >= 4 is 35.2 Å². The molecule has 1 atom stereocenters. The number of thioether (sulfide) groups is 1. The Hall–Kier alpha value is -1.34. The van der Waals surface area contributed by atoms with Crippen LogP contribution in [-0.2, 0) is 4.79 Å². The van der Waals surface area contributed by atoms with Crippen LogP contribution < -0.4 is 5.32 Å². The van der Waals surface area contributed by atoms with Crippen LogP contribution in [-0.4, -0.2) is 45.2 Å². The third kappa shape index (κ3) is 4.50. The lowest BCUT2D eigenvalue weighted by molar-refractivity contribution is -0.139. The van der Waals surface area contributed by atoms with E-state index in [0.717, 1.165) is 0 Å². The van der Waals surface area contributed by atoms with Gasteiger partial charge in [0.25, 0.3) is 5.91 Å². The van der Waals surface area contributed by atoms with Gasteiger partial charge in [0, 0.05) is 0 Å². The summed E-state index contributed by atoms with van der Waals surface area (Å²) in [5.74, 6) is -1.00. The Labute approximate surface area is 113 Å². The van der Waals surface area contributed by atoms with E-state index in [4.69, 9.17) is 16.7 Å². The zero-order valence-electron chi connectivity index (χ0n) is 9.59. The molecule has 0 aliphatic heterocycles. The second-order valence-electron chi connectivity index (χ2n) is 3.39. The molecule has 6 nitrogen and oxygen atoms in total. The van der Waals surface area contributed by atoms with Gasteiger partial charge in [0.05, 0.1) is 0 Å². The number of aliphatic carboxylic acids is 1. The summed E-state index contributed by atoms with van der Waals surface area (Å²) in [5, 5.41) is 18.6. The van der Waals surface area contributed by atoms with Crippen molar-refractivity contribution in [3.05, 3.63) is 23.0 Å². The highest BCUT2D eigenvalue weighted by Gasteiger charge is 2.20. The van der Waals surface area contributed by atoms with Crippen LogP contribution in [0.4, 0.5) is 0 Å². The zero-order valence-corrected chi connectivity index (χ0v) is 11.2. The summed E-state index contributed by atoms with van der Waals surface area (Å²) in [5.41, 5.74) is 0.0369. The Bertz CT molecular complexity index is 427. The van der Waals surface area contributed by atoms with E-state index in [2.05, 4.69) is 15.5 Å². The lowest BCUT2D eigenvalue weighted by atomic mass is 10.2. The molecule has 1 unspecified atom stereocenters. The molecule has 0 radical (unpaired) electrons. The molecule has 8 heteroatoms. The Morgan fingerprint density at radius 2 is 2.22 bits per heavy atom. The third-order valence-corrected chi connectivity index (χ3v) is 2.92. The lowest BCUT2D eigenvalue weighted by Gasteiger charge is -2.13. The number of carbonyl (C=O) groups is 2. The summed E-state index contributed by atoms with van der Waals surface area (Å²) < 4.78 is 0. The Morgan fingerprint density at radius 3 is 2.72 bits per heavy atom. The van der Waals surface area contributed by atoms with Crippen LogP contribution in [0.25, 0.3) is 0 Å². The van der Waals surface area contributed by atoms with Crippen LogP contribution in [0.3, 0.4) is 0 Å². The normalized spacial score (nSPS) is 11.9. The van der Waals surface area contributed by atoms with Gasteiger partial charge >= 0.3 is 5.97 Å². The molecule has 0 aliphatic carbocycles. The number of aromatic nitrogens is 2. The highest BCUT2D eigenvalue weighted by atomic mass is 35.5. The number of carboxylic acid groups (broad SMARTS) is 1. The third-order valence-electron chi connectivity index (χ3n) is 2.08. The van der Waals surface area contributed by atoms with Crippen LogP contribution in [0.1, 0.15) is 16.9 Å². The van der Waals surface area contributed by atoms with Crippen molar-refractivity contribution in [2.24, 2.45) is 0 Å². The van der Waals surface area contributed by atoms with Crippen molar-refractivity contribution < 1.29 is 14.7 Å². The predicted molar refractivity (Wildman–Crippen MR) is 68.9 cm³/mol. The van der Waals surface area contributed by atoms with Crippen molar-refractivity contribution in [2.75, 3.05) is 12.0 Å². The van der Waals surface area contributed by atoms with E-state index >= 15 is 0 Å².